The Morgan fingerprint density at radius 3 is 2.70 bits per heavy atom. The van der Waals surface area contributed by atoms with Gasteiger partial charge < -0.3 is 14.5 Å². The summed E-state index contributed by atoms with van der Waals surface area (Å²) in [7, 11) is 1.50. The second-order valence-corrected chi connectivity index (χ2v) is 8.42. The number of nitrogens with one attached hydrogen (secondary N) is 1. The molecule has 0 saturated carbocycles. The van der Waals surface area contributed by atoms with Gasteiger partial charge in [-0.1, -0.05) is 41.0 Å². The summed E-state index contributed by atoms with van der Waals surface area (Å²) < 4.78 is 12.0. The molecule has 6 nitrogen and oxygen atoms in total. The zero-order chi connectivity index (χ0) is 21.8. The Hall–Kier alpha value is -2.18. The molecular weight excluding hydrogens is 513 g/mol. The molecule has 0 aliphatic carbocycles. The van der Waals surface area contributed by atoms with Gasteiger partial charge in [-0.15, -0.1) is 0 Å². The Bertz CT molecular complexity index is 1210. The maximum atomic E-state index is 12.2. The maximum absolute atomic E-state index is 12.2. The lowest BCUT2D eigenvalue weighted by molar-refractivity contribution is 0.283. The second kappa shape index (κ2) is 9.75. The van der Waals surface area contributed by atoms with E-state index in [1.54, 1.807) is 36.6 Å². The van der Waals surface area contributed by atoms with Crippen molar-refractivity contribution in [2.24, 2.45) is 0 Å². The first kappa shape index (κ1) is 22.5. The molecule has 0 fully saturated rings. The third-order valence-corrected chi connectivity index (χ3v) is 5.85. The van der Waals surface area contributed by atoms with Crippen LogP contribution in [-0.4, -0.2) is 23.3 Å². The molecule has 0 spiro atoms. The summed E-state index contributed by atoms with van der Waals surface area (Å²) in [5.74, 6) is 0.849. The van der Waals surface area contributed by atoms with Gasteiger partial charge in [-0.2, -0.15) is 5.26 Å². The van der Waals surface area contributed by atoms with E-state index in [1.807, 2.05) is 6.07 Å². The van der Waals surface area contributed by atoms with E-state index < -0.39 is 5.56 Å². The molecule has 0 atom stereocenters. The van der Waals surface area contributed by atoms with Crippen molar-refractivity contribution < 1.29 is 9.47 Å². The van der Waals surface area contributed by atoms with Gasteiger partial charge in [-0.05, 0) is 46.5 Å². The van der Waals surface area contributed by atoms with Crippen molar-refractivity contribution in [3.8, 4) is 28.8 Å². The Morgan fingerprint density at radius 2 is 2.07 bits per heavy atom. The van der Waals surface area contributed by atoms with E-state index in [-0.39, 0.29) is 17.9 Å². The SMILES string of the molecule is COc1cc(-c2nc(SC)[nH]c(=O)c2C#N)cc(Br)c1OCc1ccc(Cl)cc1Cl. The van der Waals surface area contributed by atoms with E-state index in [0.29, 0.717) is 36.7 Å². The lowest BCUT2D eigenvalue weighted by Crippen LogP contribution is -2.14. The third-order valence-electron chi connectivity index (χ3n) is 4.09. The molecule has 1 heterocycles. The normalized spacial score (nSPS) is 10.5. The first-order chi connectivity index (χ1) is 14.4. The van der Waals surface area contributed by atoms with Crippen LogP contribution >= 0.6 is 50.9 Å². The summed E-state index contributed by atoms with van der Waals surface area (Å²) in [5.41, 5.74) is 0.972. The Kier molecular flexibility index (Phi) is 7.32. The van der Waals surface area contributed by atoms with Crippen LogP contribution in [0.15, 0.2) is 44.8 Å². The molecule has 3 aromatic rings. The zero-order valence-corrected chi connectivity index (χ0v) is 19.7. The molecule has 0 aliphatic heterocycles. The number of nitrogens with zero attached hydrogens (tertiary/aromatic N) is 2. The highest BCUT2D eigenvalue weighted by Gasteiger charge is 2.18. The lowest BCUT2D eigenvalue weighted by atomic mass is 10.1. The van der Waals surface area contributed by atoms with Crippen LogP contribution in [0.3, 0.4) is 0 Å². The highest BCUT2D eigenvalue weighted by molar-refractivity contribution is 9.10. The molecule has 154 valence electrons. The van der Waals surface area contributed by atoms with Gasteiger partial charge >= 0.3 is 0 Å². The maximum Gasteiger partial charge on any atom is 0.270 e. The summed E-state index contributed by atoms with van der Waals surface area (Å²) in [5, 5.41) is 10.9. The smallest absolute Gasteiger partial charge is 0.270 e. The van der Waals surface area contributed by atoms with Gasteiger partial charge in [0, 0.05) is 21.2 Å². The number of nitriles is 1. The molecule has 30 heavy (non-hydrogen) atoms. The van der Waals surface area contributed by atoms with Crippen LogP contribution < -0.4 is 15.0 Å². The van der Waals surface area contributed by atoms with E-state index in [4.69, 9.17) is 32.7 Å². The van der Waals surface area contributed by atoms with Crippen molar-refractivity contribution >= 4 is 50.9 Å². The second-order valence-electron chi connectivity index (χ2n) is 5.92. The van der Waals surface area contributed by atoms with Crippen LogP contribution in [0.25, 0.3) is 11.3 Å². The van der Waals surface area contributed by atoms with Gasteiger partial charge in [-0.3, -0.25) is 4.79 Å². The highest BCUT2D eigenvalue weighted by atomic mass is 79.9. The predicted octanol–water partition coefficient (Wildman–Crippen LogP) is 5.69. The molecule has 0 aliphatic rings. The quantitative estimate of drug-likeness (QED) is 0.328. The molecule has 1 N–H and O–H groups in total. The first-order valence-corrected chi connectivity index (χ1v) is 11.2. The van der Waals surface area contributed by atoms with Crippen molar-refractivity contribution in [3.05, 3.63) is 66.3 Å². The van der Waals surface area contributed by atoms with Crippen LogP contribution in [-0.2, 0) is 6.61 Å². The van der Waals surface area contributed by atoms with E-state index >= 15 is 0 Å². The van der Waals surface area contributed by atoms with Gasteiger partial charge in [0.25, 0.3) is 5.56 Å². The van der Waals surface area contributed by atoms with Crippen LogP contribution in [0.4, 0.5) is 0 Å². The largest absolute Gasteiger partial charge is 0.493 e. The zero-order valence-electron chi connectivity index (χ0n) is 15.8. The Morgan fingerprint density at radius 1 is 1.30 bits per heavy atom. The molecule has 0 bridgehead atoms. The monoisotopic (exact) mass is 525 g/mol. The number of halogens is 3. The van der Waals surface area contributed by atoms with E-state index in [0.717, 1.165) is 5.56 Å². The topological polar surface area (TPSA) is 88.0 Å². The summed E-state index contributed by atoms with van der Waals surface area (Å²) in [6.07, 6.45) is 1.78. The van der Waals surface area contributed by atoms with Gasteiger partial charge in [0.05, 0.1) is 17.3 Å². The number of benzene rings is 2. The number of aromatic nitrogens is 2. The number of hydrogen-bond acceptors (Lipinski definition) is 6. The molecule has 0 unspecified atom stereocenters. The lowest BCUT2D eigenvalue weighted by Gasteiger charge is -2.15. The summed E-state index contributed by atoms with van der Waals surface area (Å²) in [4.78, 5) is 19.2. The third kappa shape index (κ3) is 4.76. The van der Waals surface area contributed by atoms with Crippen LogP contribution in [0, 0.1) is 11.3 Å². The highest BCUT2D eigenvalue weighted by Crippen LogP contribution is 2.40. The predicted molar refractivity (Wildman–Crippen MR) is 122 cm³/mol. The van der Waals surface area contributed by atoms with Crippen molar-refractivity contribution in [3.63, 3.8) is 0 Å². The first-order valence-electron chi connectivity index (χ1n) is 8.41. The fourth-order valence-corrected chi connectivity index (χ4v) is 4.04. The fourth-order valence-electron chi connectivity index (χ4n) is 2.65. The Labute approximate surface area is 195 Å². The summed E-state index contributed by atoms with van der Waals surface area (Å²) >= 11 is 16.9. The minimum Gasteiger partial charge on any atom is -0.493 e. The van der Waals surface area contributed by atoms with Crippen molar-refractivity contribution in [2.75, 3.05) is 13.4 Å². The van der Waals surface area contributed by atoms with Crippen molar-refractivity contribution in [1.29, 1.82) is 5.26 Å². The van der Waals surface area contributed by atoms with Crippen LogP contribution in [0.2, 0.25) is 10.0 Å². The summed E-state index contributed by atoms with van der Waals surface area (Å²) in [6.45, 7) is 0.188. The average molecular weight is 527 g/mol. The molecule has 2 aromatic carbocycles. The van der Waals surface area contributed by atoms with E-state index in [1.165, 1.54) is 18.9 Å². The number of methoxy groups -OCH3 is 1. The molecule has 0 saturated heterocycles. The minimum atomic E-state index is -0.500. The fraction of sp³-hybridized carbons (Fsp3) is 0.150. The average Bonchev–Trinajstić information content (AvgIpc) is 2.72. The van der Waals surface area contributed by atoms with Gasteiger partial charge in [-0.25, -0.2) is 4.98 Å². The van der Waals surface area contributed by atoms with Crippen molar-refractivity contribution in [1.82, 2.24) is 9.97 Å². The van der Waals surface area contributed by atoms with E-state index in [9.17, 15) is 10.1 Å². The van der Waals surface area contributed by atoms with E-state index in [2.05, 4.69) is 25.9 Å². The molecule has 1 aromatic heterocycles. The number of H-pyrrole nitrogens is 1. The van der Waals surface area contributed by atoms with Crippen molar-refractivity contribution in [2.45, 2.75) is 11.8 Å². The molecule has 0 radical (unpaired) electrons. The van der Waals surface area contributed by atoms with Crippen LogP contribution in [0.1, 0.15) is 11.1 Å². The van der Waals surface area contributed by atoms with Gasteiger partial charge in [0.1, 0.15) is 18.2 Å². The number of thioether (sulfide) groups is 1. The molecule has 3 rings (SSSR count). The van der Waals surface area contributed by atoms with Crippen LogP contribution in [0.5, 0.6) is 11.5 Å². The Balaban J connectivity index is 2.02. The molecule has 0 amide bonds. The molecule has 10 heteroatoms. The molecular formula is C20H14BrCl2N3O3S. The van der Waals surface area contributed by atoms with Gasteiger partial charge in [0.15, 0.2) is 16.7 Å². The standard InChI is InChI=1S/C20H14BrCl2N3O3S/c1-28-16-6-11(17-13(8-24)19(27)26-20(25-17)30-2)5-14(21)18(16)29-9-10-3-4-12(22)7-15(10)23/h3-7H,9H2,1-2H3,(H,25,26,27). The number of rotatable bonds is 6. The number of hydrogen-bond donors (Lipinski definition) is 1. The van der Waals surface area contributed by atoms with Gasteiger partial charge in [0.2, 0.25) is 0 Å². The minimum absolute atomic E-state index is 0.0802. The number of aromatic amines is 1. The number of ether oxygens (including phenoxy) is 2. The summed E-state index contributed by atoms with van der Waals surface area (Å²) in [6, 6.07) is 10.4.